The number of aromatic amines is 1. The van der Waals surface area contributed by atoms with E-state index in [0.29, 0.717) is 13.0 Å². The van der Waals surface area contributed by atoms with Gasteiger partial charge >= 0.3 is 0 Å². The van der Waals surface area contributed by atoms with E-state index in [9.17, 15) is 17.6 Å². The van der Waals surface area contributed by atoms with E-state index in [0.717, 1.165) is 22.9 Å². The average Bonchev–Trinajstić information content (AvgIpc) is 3.18. The van der Waals surface area contributed by atoms with Gasteiger partial charge in [0.2, 0.25) is 0 Å². The summed E-state index contributed by atoms with van der Waals surface area (Å²) >= 11 is 0. The summed E-state index contributed by atoms with van der Waals surface area (Å²) in [5.41, 5.74) is 1.79. The third-order valence-electron chi connectivity index (χ3n) is 4.61. The lowest BCUT2D eigenvalue weighted by atomic mass is 10.2. The summed E-state index contributed by atoms with van der Waals surface area (Å²) < 4.78 is 41.2. The van der Waals surface area contributed by atoms with Crippen LogP contribution >= 0.6 is 0 Å². The Bertz CT molecular complexity index is 1320. The molecule has 3 N–H and O–H groups in total. The van der Waals surface area contributed by atoms with Crippen LogP contribution in [-0.4, -0.2) is 30.8 Å². The molecule has 3 aromatic carbocycles. The van der Waals surface area contributed by atoms with Gasteiger partial charge in [-0.2, -0.15) is 0 Å². The molecule has 0 bridgehead atoms. The van der Waals surface area contributed by atoms with Crippen molar-refractivity contribution in [1.82, 2.24) is 15.3 Å². The van der Waals surface area contributed by atoms with E-state index in [-0.39, 0.29) is 16.1 Å². The molecule has 1 heterocycles. The Kier molecular flexibility index (Phi) is 5.68. The number of sulfonamides is 1. The topological polar surface area (TPSA) is 104 Å². The van der Waals surface area contributed by atoms with Crippen molar-refractivity contribution >= 4 is 32.7 Å². The zero-order valence-corrected chi connectivity index (χ0v) is 17.1. The quantitative estimate of drug-likeness (QED) is 0.411. The molecule has 31 heavy (non-hydrogen) atoms. The van der Waals surface area contributed by atoms with Crippen molar-refractivity contribution in [2.24, 2.45) is 0 Å². The smallest absolute Gasteiger partial charge is 0.262 e. The number of aromatic nitrogens is 2. The van der Waals surface area contributed by atoms with Gasteiger partial charge in [-0.3, -0.25) is 9.52 Å². The molecule has 1 amide bonds. The molecule has 4 rings (SSSR count). The molecule has 4 aromatic rings. The van der Waals surface area contributed by atoms with Crippen LogP contribution in [-0.2, 0) is 16.4 Å². The van der Waals surface area contributed by atoms with Crippen LogP contribution in [0, 0.1) is 5.82 Å². The highest BCUT2D eigenvalue weighted by molar-refractivity contribution is 7.92. The van der Waals surface area contributed by atoms with Gasteiger partial charge in [-0.25, -0.2) is 17.8 Å². The predicted octanol–water partition coefficient (Wildman–Crippen LogP) is 3.48. The molecular formula is C22H19FN4O3S. The zero-order chi connectivity index (χ0) is 21.8. The number of nitrogens with one attached hydrogen (secondary N) is 3. The van der Waals surface area contributed by atoms with Crippen LogP contribution in [0.4, 0.5) is 10.1 Å². The van der Waals surface area contributed by atoms with Crippen LogP contribution in [0.15, 0.2) is 77.7 Å². The predicted molar refractivity (Wildman–Crippen MR) is 116 cm³/mol. The van der Waals surface area contributed by atoms with E-state index < -0.39 is 21.7 Å². The van der Waals surface area contributed by atoms with Crippen LogP contribution in [0.1, 0.15) is 16.2 Å². The highest BCUT2D eigenvalue weighted by Gasteiger charge is 2.18. The Hall–Kier alpha value is -3.72. The molecule has 0 saturated carbocycles. The molecule has 7 nitrogen and oxygen atoms in total. The number of anilines is 1. The maximum atomic E-state index is 13.8. The molecular weight excluding hydrogens is 419 g/mol. The van der Waals surface area contributed by atoms with Gasteiger partial charge in [-0.1, -0.05) is 30.3 Å². The second kappa shape index (κ2) is 8.57. The van der Waals surface area contributed by atoms with Gasteiger partial charge in [-0.15, -0.1) is 0 Å². The van der Waals surface area contributed by atoms with Gasteiger partial charge in [0.05, 0.1) is 21.6 Å². The Morgan fingerprint density at radius 2 is 1.77 bits per heavy atom. The van der Waals surface area contributed by atoms with Crippen molar-refractivity contribution in [2.45, 2.75) is 11.3 Å². The Morgan fingerprint density at radius 1 is 1.00 bits per heavy atom. The highest BCUT2D eigenvalue weighted by atomic mass is 32.2. The minimum Gasteiger partial charge on any atom is -0.352 e. The Morgan fingerprint density at radius 3 is 2.58 bits per heavy atom. The number of para-hydroxylation sites is 3. The van der Waals surface area contributed by atoms with Gasteiger partial charge in [0, 0.05) is 18.5 Å². The number of fused-ring (bicyclic) bond motifs is 1. The largest absolute Gasteiger partial charge is 0.352 e. The van der Waals surface area contributed by atoms with E-state index in [4.69, 9.17) is 0 Å². The second-order valence-corrected chi connectivity index (χ2v) is 8.50. The Balaban J connectivity index is 1.42. The summed E-state index contributed by atoms with van der Waals surface area (Å²) in [5.74, 6) is -0.364. The van der Waals surface area contributed by atoms with Crippen molar-refractivity contribution in [3.63, 3.8) is 0 Å². The first-order chi connectivity index (χ1) is 14.9. The Labute approximate surface area is 178 Å². The third kappa shape index (κ3) is 4.72. The summed E-state index contributed by atoms with van der Waals surface area (Å²) in [6, 6.07) is 18.7. The number of imidazole rings is 1. The van der Waals surface area contributed by atoms with E-state index in [1.807, 2.05) is 24.3 Å². The lowest BCUT2D eigenvalue weighted by Crippen LogP contribution is -2.26. The van der Waals surface area contributed by atoms with E-state index in [1.54, 1.807) is 0 Å². The summed E-state index contributed by atoms with van der Waals surface area (Å²) in [5, 5.41) is 2.76. The van der Waals surface area contributed by atoms with Gasteiger partial charge in [0.15, 0.2) is 0 Å². The summed E-state index contributed by atoms with van der Waals surface area (Å²) in [4.78, 5) is 20.0. The average molecular weight is 438 g/mol. The number of halogens is 1. The number of hydrogen-bond acceptors (Lipinski definition) is 4. The molecule has 158 valence electrons. The standard InChI is InChI=1S/C22H19FN4O3S/c23-17-8-1-2-9-18(17)27-31(29,30)16-7-5-6-15(14-16)22(28)24-13-12-21-25-19-10-3-4-11-20(19)26-21/h1-11,14,27H,12-13H2,(H,24,28)(H,25,26). The lowest BCUT2D eigenvalue weighted by Gasteiger charge is -2.10. The van der Waals surface area contributed by atoms with Crippen molar-refractivity contribution in [1.29, 1.82) is 0 Å². The fourth-order valence-corrected chi connectivity index (χ4v) is 4.19. The third-order valence-corrected chi connectivity index (χ3v) is 5.97. The van der Waals surface area contributed by atoms with Crippen molar-refractivity contribution < 1.29 is 17.6 Å². The molecule has 0 aliphatic heterocycles. The van der Waals surface area contributed by atoms with E-state index in [2.05, 4.69) is 20.0 Å². The maximum Gasteiger partial charge on any atom is 0.262 e. The number of carbonyl (C=O) groups is 1. The van der Waals surface area contributed by atoms with Crippen molar-refractivity contribution in [3.8, 4) is 0 Å². The monoisotopic (exact) mass is 438 g/mol. The fourth-order valence-electron chi connectivity index (χ4n) is 3.07. The van der Waals surface area contributed by atoms with Crippen molar-refractivity contribution in [3.05, 3.63) is 90.0 Å². The number of carbonyl (C=O) groups excluding carboxylic acids is 1. The number of benzene rings is 3. The van der Waals surface area contributed by atoms with Crippen molar-refractivity contribution in [2.75, 3.05) is 11.3 Å². The van der Waals surface area contributed by atoms with Gasteiger partial charge in [-0.05, 0) is 42.5 Å². The lowest BCUT2D eigenvalue weighted by molar-refractivity contribution is 0.0954. The number of nitrogens with zero attached hydrogens (tertiary/aromatic N) is 1. The maximum absolute atomic E-state index is 13.8. The van der Waals surface area contributed by atoms with Crippen LogP contribution in [0.25, 0.3) is 11.0 Å². The molecule has 0 unspecified atom stereocenters. The van der Waals surface area contributed by atoms with E-state index in [1.165, 1.54) is 42.5 Å². The minimum atomic E-state index is -4.06. The van der Waals surface area contributed by atoms with Gasteiger partial charge in [0.1, 0.15) is 11.6 Å². The fraction of sp³-hybridized carbons (Fsp3) is 0.0909. The molecule has 0 atom stereocenters. The van der Waals surface area contributed by atoms with E-state index >= 15 is 0 Å². The van der Waals surface area contributed by atoms with Crippen LogP contribution < -0.4 is 10.0 Å². The SMILES string of the molecule is O=C(NCCc1nc2ccccc2[nH]1)c1cccc(S(=O)(=O)Nc2ccccc2F)c1. The summed E-state index contributed by atoms with van der Waals surface area (Å²) in [6.45, 7) is 0.323. The normalized spacial score (nSPS) is 11.4. The van der Waals surface area contributed by atoms with Gasteiger partial charge < -0.3 is 10.3 Å². The molecule has 0 radical (unpaired) electrons. The first kappa shape index (κ1) is 20.5. The number of H-pyrrole nitrogens is 1. The number of hydrogen-bond donors (Lipinski definition) is 3. The molecule has 0 saturated heterocycles. The summed E-state index contributed by atoms with van der Waals surface area (Å²) in [6.07, 6.45) is 0.493. The van der Waals surface area contributed by atoms with Gasteiger partial charge in [0.25, 0.3) is 15.9 Å². The molecule has 0 aliphatic carbocycles. The van der Waals surface area contributed by atoms with Crippen LogP contribution in [0.3, 0.4) is 0 Å². The number of rotatable bonds is 7. The van der Waals surface area contributed by atoms with Crippen LogP contribution in [0.5, 0.6) is 0 Å². The highest BCUT2D eigenvalue weighted by Crippen LogP contribution is 2.19. The molecule has 0 spiro atoms. The first-order valence-corrected chi connectivity index (χ1v) is 11.0. The molecule has 9 heteroatoms. The zero-order valence-electron chi connectivity index (χ0n) is 16.3. The molecule has 0 fully saturated rings. The second-order valence-electron chi connectivity index (χ2n) is 6.82. The first-order valence-electron chi connectivity index (χ1n) is 9.52. The minimum absolute atomic E-state index is 0.138. The van der Waals surface area contributed by atoms with Crippen LogP contribution in [0.2, 0.25) is 0 Å². The summed E-state index contributed by atoms with van der Waals surface area (Å²) in [7, 11) is -4.06. The molecule has 1 aromatic heterocycles. The molecule has 0 aliphatic rings. The number of amides is 1.